The number of benzene rings is 2. The summed E-state index contributed by atoms with van der Waals surface area (Å²) < 4.78 is 6.40. The Morgan fingerprint density at radius 2 is 2.19 bits per heavy atom. The molecule has 2 heterocycles. The van der Waals surface area contributed by atoms with Gasteiger partial charge in [-0.2, -0.15) is 0 Å². The molecule has 21 heavy (non-hydrogen) atoms. The lowest BCUT2D eigenvalue weighted by molar-refractivity contribution is 0.415. The van der Waals surface area contributed by atoms with Gasteiger partial charge in [0, 0.05) is 31.5 Å². The van der Waals surface area contributed by atoms with E-state index in [1.165, 1.54) is 38.2 Å². The highest BCUT2D eigenvalue weighted by Crippen LogP contribution is 2.46. The van der Waals surface area contributed by atoms with E-state index in [0.717, 1.165) is 15.9 Å². The molecule has 0 unspecified atom stereocenters. The molecule has 1 N–H and O–H groups in total. The number of thioether (sulfide) groups is 1. The van der Waals surface area contributed by atoms with E-state index in [1.807, 2.05) is 17.8 Å². The van der Waals surface area contributed by atoms with Crippen molar-refractivity contribution in [2.24, 2.45) is 0 Å². The molecule has 0 bridgehead atoms. The van der Waals surface area contributed by atoms with Gasteiger partial charge >= 0.3 is 0 Å². The molecule has 1 aliphatic rings. The van der Waals surface area contributed by atoms with Crippen LogP contribution in [0, 0.1) is 0 Å². The molecule has 0 amide bonds. The number of hydrogen-bond donors (Lipinski definition) is 1. The maximum atomic E-state index is 5.38. The molecule has 2 nitrogen and oxygen atoms in total. The third kappa shape index (κ3) is 2.07. The summed E-state index contributed by atoms with van der Waals surface area (Å²) in [6.07, 6.45) is 0. The van der Waals surface area contributed by atoms with Crippen LogP contribution >= 0.6 is 34.4 Å². The van der Waals surface area contributed by atoms with E-state index < -0.39 is 0 Å². The Morgan fingerprint density at radius 3 is 3.00 bits per heavy atom. The minimum Gasteiger partial charge on any atom is -0.497 e. The molecule has 0 fully saturated rings. The number of hydrogen-bond acceptors (Lipinski definition) is 2. The quantitative estimate of drug-likeness (QED) is 0.456. The second-order valence-corrected chi connectivity index (χ2v) is 6.88. The molecule has 1 aromatic heterocycles. The Bertz CT molecular complexity index is 826. The van der Waals surface area contributed by atoms with Crippen molar-refractivity contribution >= 4 is 45.3 Å². The third-order valence-corrected chi connectivity index (χ3v) is 5.90. The summed E-state index contributed by atoms with van der Waals surface area (Å²) in [6, 6.07) is 12.9. The fourth-order valence-corrected chi connectivity index (χ4v) is 4.75. The second-order valence-electron chi connectivity index (χ2n) is 5.10. The van der Waals surface area contributed by atoms with Gasteiger partial charge in [0.2, 0.25) is 0 Å². The molecule has 0 radical (unpaired) electrons. The lowest BCUT2D eigenvalue weighted by Gasteiger charge is -2.19. The van der Waals surface area contributed by atoms with Gasteiger partial charge in [0.1, 0.15) is 5.75 Å². The lowest BCUT2D eigenvalue weighted by Crippen LogP contribution is -1.97. The van der Waals surface area contributed by atoms with Crippen LogP contribution in [0.3, 0.4) is 0 Å². The number of halogens is 1. The van der Waals surface area contributed by atoms with E-state index in [2.05, 4.69) is 57.9 Å². The van der Waals surface area contributed by atoms with Crippen LogP contribution in [-0.4, -0.2) is 12.1 Å². The normalized spacial score (nSPS) is 13.0. The molecular formula is C17H14INOS. The first-order valence-corrected chi connectivity index (χ1v) is 9.32. The number of rotatable bonds is 2. The molecule has 3 aromatic rings. The average Bonchev–Trinajstić information content (AvgIpc) is 2.91. The zero-order chi connectivity index (χ0) is 14.4. The standard InChI is InChI=1S/C17H14INOS/c1-20-11-5-6-14-12(7-11)13-9-21-15-4-2-3-10(8-18)16(15)17(13)19-14/h2-7,19H,8-9H2,1H3. The maximum absolute atomic E-state index is 5.38. The van der Waals surface area contributed by atoms with Gasteiger partial charge < -0.3 is 9.72 Å². The molecule has 2 aromatic carbocycles. The fourth-order valence-electron chi connectivity index (χ4n) is 2.96. The SMILES string of the molecule is COc1ccc2[nH]c3c(c2c1)CSc1cccc(CI)c1-3. The summed E-state index contributed by atoms with van der Waals surface area (Å²) in [5, 5.41) is 1.28. The zero-order valence-electron chi connectivity index (χ0n) is 11.6. The largest absolute Gasteiger partial charge is 0.497 e. The smallest absolute Gasteiger partial charge is 0.119 e. The van der Waals surface area contributed by atoms with Crippen molar-refractivity contribution < 1.29 is 4.74 Å². The highest BCUT2D eigenvalue weighted by molar-refractivity contribution is 14.1. The second kappa shape index (κ2) is 5.25. The van der Waals surface area contributed by atoms with E-state index in [-0.39, 0.29) is 0 Å². The summed E-state index contributed by atoms with van der Waals surface area (Å²) in [5.41, 5.74) is 6.67. The van der Waals surface area contributed by atoms with Crippen LogP contribution in [0.5, 0.6) is 5.75 Å². The number of nitrogens with one attached hydrogen (secondary N) is 1. The summed E-state index contributed by atoms with van der Waals surface area (Å²) in [5.74, 6) is 1.93. The van der Waals surface area contributed by atoms with Crippen molar-refractivity contribution in [3.05, 3.63) is 47.5 Å². The molecule has 1 aliphatic heterocycles. The minimum atomic E-state index is 0.919. The van der Waals surface area contributed by atoms with E-state index in [0.29, 0.717) is 0 Å². The number of H-pyrrole nitrogens is 1. The molecule has 0 atom stereocenters. The molecule has 4 heteroatoms. The summed E-state index contributed by atoms with van der Waals surface area (Å²) in [4.78, 5) is 5.01. The van der Waals surface area contributed by atoms with Gasteiger partial charge in [0.15, 0.2) is 0 Å². The van der Waals surface area contributed by atoms with E-state index >= 15 is 0 Å². The Labute approximate surface area is 141 Å². The number of methoxy groups -OCH3 is 1. The van der Waals surface area contributed by atoms with E-state index in [9.17, 15) is 0 Å². The number of aromatic amines is 1. The Kier molecular flexibility index (Phi) is 3.38. The predicted molar refractivity (Wildman–Crippen MR) is 97.6 cm³/mol. The van der Waals surface area contributed by atoms with Gasteiger partial charge in [-0.05, 0) is 35.4 Å². The Balaban J connectivity index is 2.03. The molecule has 0 saturated carbocycles. The monoisotopic (exact) mass is 407 g/mol. The summed E-state index contributed by atoms with van der Waals surface area (Å²) >= 11 is 4.37. The number of aromatic nitrogens is 1. The van der Waals surface area contributed by atoms with Crippen LogP contribution in [0.25, 0.3) is 22.2 Å². The van der Waals surface area contributed by atoms with Crippen molar-refractivity contribution in [1.29, 1.82) is 0 Å². The van der Waals surface area contributed by atoms with Gasteiger partial charge in [-0.25, -0.2) is 0 Å². The van der Waals surface area contributed by atoms with Crippen LogP contribution in [0.2, 0.25) is 0 Å². The van der Waals surface area contributed by atoms with Gasteiger partial charge in [-0.3, -0.25) is 0 Å². The first-order chi connectivity index (χ1) is 10.3. The lowest BCUT2D eigenvalue weighted by atomic mass is 10.0. The molecule has 0 spiro atoms. The molecule has 106 valence electrons. The number of alkyl halides is 1. The van der Waals surface area contributed by atoms with Crippen LogP contribution < -0.4 is 4.74 Å². The third-order valence-electron chi connectivity index (χ3n) is 3.99. The zero-order valence-corrected chi connectivity index (χ0v) is 14.5. The van der Waals surface area contributed by atoms with Gasteiger partial charge in [-0.1, -0.05) is 34.7 Å². The summed E-state index contributed by atoms with van der Waals surface area (Å²) in [6.45, 7) is 0. The van der Waals surface area contributed by atoms with Crippen LogP contribution in [0.1, 0.15) is 11.1 Å². The highest BCUT2D eigenvalue weighted by Gasteiger charge is 2.23. The first-order valence-electron chi connectivity index (χ1n) is 6.81. The Morgan fingerprint density at radius 1 is 1.29 bits per heavy atom. The van der Waals surface area contributed by atoms with E-state index in [4.69, 9.17) is 4.74 Å². The van der Waals surface area contributed by atoms with Crippen molar-refractivity contribution in [2.75, 3.05) is 7.11 Å². The molecule has 0 saturated heterocycles. The van der Waals surface area contributed by atoms with E-state index in [1.54, 1.807) is 7.11 Å². The number of fused-ring (bicyclic) bond motifs is 5. The van der Waals surface area contributed by atoms with Crippen molar-refractivity contribution in [3.63, 3.8) is 0 Å². The van der Waals surface area contributed by atoms with Gasteiger partial charge in [0.05, 0.1) is 12.8 Å². The van der Waals surface area contributed by atoms with Crippen LogP contribution in [0.4, 0.5) is 0 Å². The summed E-state index contributed by atoms with van der Waals surface area (Å²) in [7, 11) is 1.72. The van der Waals surface area contributed by atoms with Gasteiger partial charge in [0.25, 0.3) is 0 Å². The Hall–Kier alpha value is -1.14. The number of ether oxygens (including phenoxy) is 1. The van der Waals surface area contributed by atoms with Gasteiger partial charge in [-0.15, -0.1) is 11.8 Å². The fraction of sp³-hybridized carbons (Fsp3) is 0.176. The molecular weight excluding hydrogens is 393 g/mol. The topological polar surface area (TPSA) is 25.0 Å². The van der Waals surface area contributed by atoms with Crippen molar-refractivity contribution in [1.82, 2.24) is 4.98 Å². The van der Waals surface area contributed by atoms with Crippen molar-refractivity contribution in [3.8, 4) is 17.0 Å². The highest BCUT2D eigenvalue weighted by atomic mass is 127. The van der Waals surface area contributed by atoms with Crippen LogP contribution in [0.15, 0.2) is 41.3 Å². The molecule has 4 rings (SSSR count). The average molecular weight is 407 g/mol. The minimum absolute atomic E-state index is 0.919. The van der Waals surface area contributed by atoms with Crippen molar-refractivity contribution in [2.45, 2.75) is 15.1 Å². The molecule has 0 aliphatic carbocycles. The maximum Gasteiger partial charge on any atom is 0.119 e. The predicted octanol–water partition coefficient (Wildman–Crippen LogP) is 5.38. The van der Waals surface area contributed by atoms with Crippen LogP contribution in [-0.2, 0) is 10.2 Å². The first kappa shape index (κ1) is 13.5.